The summed E-state index contributed by atoms with van der Waals surface area (Å²) in [6.07, 6.45) is 1.82. The molecule has 0 radical (unpaired) electrons. The molecule has 0 aliphatic carbocycles. The van der Waals surface area contributed by atoms with Crippen molar-refractivity contribution in [2.75, 3.05) is 0 Å². The number of benzene rings is 1. The molecule has 0 aliphatic rings. The van der Waals surface area contributed by atoms with Crippen molar-refractivity contribution in [2.24, 2.45) is 0 Å². The Morgan fingerprint density at radius 3 is 2.38 bits per heavy atom. The molecular weight excluding hydrogens is 224 g/mol. The van der Waals surface area contributed by atoms with Gasteiger partial charge in [-0.3, -0.25) is 10.1 Å². The zero-order chi connectivity index (χ0) is 11.5. The Labute approximate surface area is 96.9 Å². The van der Waals surface area contributed by atoms with Crippen molar-refractivity contribution in [3.05, 3.63) is 63.4 Å². The Morgan fingerprint density at radius 2 is 1.81 bits per heavy atom. The molecule has 1 heterocycles. The van der Waals surface area contributed by atoms with E-state index in [0.29, 0.717) is 4.64 Å². The van der Waals surface area contributed by atoms with E-state index in [4.69, 9.17) is 12.2 Å². The Bertz CT molecular complexity index is 575. The molecule has 1 aromatic heterocycles. The molecule has 0 N–H and O–H groups in total. The lowest BCUT2D eigenvalue weighted by Crippen LogP contribution is -1.95. The molecule has 5 heteroatoms. The van der Waals surface area contributed by atoms with Gasteiger partial charge in [-0.25, -0.2) is 0 Å². The van der Waals surface area contributed by atoms with E-state index in [9.17, 15) is 10.1 Å². The third-order valence-corrected chi connectivity index (χ3v) is 2.49. The van der Waals surface area contributed by atoms with Gasteiger partial charge in [0, 0.05) is 24.0 Å². The number of aromatic nitrogens is 1. The van der Waals surface area contributed by atoms with Crippen molar-refractivity contribution in [1.29, 1.82) is 0 Å². The van der Waals surface area contributed by atoms with Gasteiger partial charge >= 0.3 is 0 Å². The van der Waals surface area contributed by atoms with E-state index in [1.165, 1.54) is 12.1 Å². The summed E-state index contributed by atoms with van der Waals surface area (Å²) in [6.45, 7) is 0. The Kier molecular flexibility index (Phi) is 2.78. The molecule has 0 spiro atoms. The average molecular weight is 232 g/mol. The van der Waals surface area contributed by atoms with Crippen molar-refractivity contribution < 1.29 is 4.92 Å². The number of nitro groups is 1. The minimum Gasteiger partial charge on any atom is -0.308 e. The molecule has 16 heavy (non-hydrogen) atoms. The summed E-state index contributed by atoms with van der Waals surface area (Å²) in [5.74, 6) is 0. The molecule has 0 unspecified atom stereocenters. The normalized spacial score (nSPS) is 10.0. The predicted molar refractivity (Wildman–Crippen MR) is 63.3 cm³/mol. The smallest absolute Gasteiger partial charge is 0.269 e. The lowest BCUT2D eigenvalue weighted by Gasteiger charge is -2.05. The van der Waals surface area contributed by atoms with Crippen LogP contribution in [0.4, 0.5) is 5.69 Å². The van der Waals surface area contributed by atoms with Gasteiger partial charge in [0.2, 0.25) is 0 Å². The Balaban J connectivity index is 2.47. The molecule has 2 rings (SSSR count). The van der Waals surface area contributed by atoms with E-state index in [-0.39, 0.29) is 5.69 Å². The molecular formula is C11H8N2O2S. The topological polar surface area (TPSA) is 48.1 Å². The number of nitrogens with zero attached hydrogens (tertiary/aromatic N) is 2. The van der Waals surface area contributed by atoms with Gasteiger partial charge in [-0.1, -0.05) is 18.3 Å². The standard InChI is InChI=1S/C11H8N2O2S/c14-13(15)10-6-4-9(5-7-10)12-8-2-1-3-11(12)16/h1-8H. The second-order valence-corrected chi connectivity index (χ2v) is 3.60. The van der Waals surface area contributed by atoms with E-state index >= 15 is 0 Å². The third kappa shape index (κ3) is 1.99. The van der Waals surface area contributed by atoms with Crippen LogP contribution in [0, 0.1) is 14.8 Å². The van der Waals surface area contributed by atoms with Crippen molar-refractivity contribution in [3.63, 3.8) is 0 Å². The molecule has 0 bridgehead atoms. The van der Waals surface area contributed by atoms with Crippen LogP contribution in [0.1, 0.15) is 0 Å². The van der Waals surface area contributed by atoms with E-state index < -0.39 is 4.92 Å². The summed E-state index contributed by atoms with van der Waals surface area (Å²) >= 11 is 5.15. The zero-order valence-corrected chi connectivity index (χ0v) is 9.05. The maximum atomic E-state index is 10.5. The lowest BCUT2D eigenvalue weighted by molar-refractivity contribution is -0.384. The van der Waals surface area contributed by atoms with Crippen LogP contribution in [-0.4, -0.2) is 9.49 Å². The van der Waals surface area contributed by atoms with Crippen molar-refractivity contribution in [1.82, 2.24) is 4.57 Å². The van der Waals surface area contributed by atoms with E-state index in [0.717, 1.165) is 5.69 Å². The van der Waals surface area contributed by atoms with Gasteiger partial charge in [0.1, 0.15) is 4.64 Å². The minimum atomic E-state index is -0.423. The average Bonchev–Trinajstić information content (AvgIpc) is 2.30. The maximum absolute atomic E-state index is 10.5. The highest BCUT2D eigenvalue weighted by atomic mass is 32.1. The molecule has 2 aromatic rings. The predicted octanol–water partition coefficient (Wildman–Crippen LogP) is 3.11. The van der Waals surface area contributed by atoms with Crippen LogP contribution in [0.15, 0.2) is 48.7 Å². The van der Waals surface area contributed by atoms with E-state index in [1.54, 1.807) is 22.8 Å². The van der Waals surface area contributed by atoms with Crippen LogP contribution >= 0.6 is 12.2 Å². The molecule has 4 nitrogen and oxygen atoms in total. The van der Waals surface area contributed by atoms with Crippen molar-refractivity contribution >= 4 is 17.9 Å². The second-order valence-electron chi connectivity index (χ2n) is 3.18. The third-order valence-electron chi connectivity index (χ3n) is 2.16. The number of pyridine rings is 1. The fourth-order valence-corrected chi connectivity index (χ4v) is 1.62. The van der Waals surface area contributed by atoms with Gasteiger partial charge in [-0.05, 0) is 24.3 Å². The highest BCUT2D eigenvalue weighted by molar-refractivity contribution is 7.71. The van der Waals surface area contributed by atoms with Crippen LogP contribution in [0.2, 0.25) is 0 Å². The molecule has 0 amide bonds. The van der Waals surface area contributed by atoms with Gasteiger partial charge < -0.3 is 4.57 Å². The van der Waals surface area contributed by atoms with Crippen LogP contribution in [0.3, 0.4) is 0 Å². The second kappa shape index (κ2) is 4.24. The number of nitro benzene ring substituents is 1. The molecule has 0 atom stereocenters. The van der Waals surface area contributed by atoms with E-state index in [2.05, 4.69) is 0 Å². The van der Waals surface area contributed by atoms with Crippen LogP contribution in [0.5, 0.6) is 0 Å². The zero-order valence-electron chi connectivity index (χ0n) is 8.24. The maximum Gasteiger partial charge on any atom is 0.269 e. The van der Waals surface area contributed by atoms with Crippen molar-refractivity contribution in [2.45, 2.75) is 0 Å². The number of non-ortho nitro benzene ring substituents is 1. The summed E-state index contributed by atoms with van der Waals surface area (Å²) in [5.41, 5.74) is 0.891. The van der Waals surface area contributed by atoms with Crippen LogP contribution < -0.4 is 0 Å². The first-order valence-corrected chi connectivity index (χ1v) is 5.02. The summed E-state index contributed by atoms with van der Waals surface area (Å²) in [7, 11) is 0. The first kappa shape index (κ1) is 10.5. The molecule has 1 aromatic carbocycles. The van der Waals surface area contributed by atoms with Gasteiger partial charge in [-0.15, -0.1) is 0 Å². The fraction of sp³-hybridized carbons (Fsp3) is 0. The first-order valence-electron chi connectivity index (χ1n) is 4.61. The largest absolute Gasteiger partial charge is 0.308 e. The van der Waals surface area contributed by atoms with Crippen LogP contribution in [0.25, 0.3) is 5.69 Å². The summed E-state index contributed by atoms with van der Waals surface area (Å²) in [5, 5.41) is 10.5. The quantitative estimate of drug-likeness (QED) is 0.454. The summed E-state index contributed by atoms with van der Waals surface area (Å²) in [4.78, 5) is 10.1. The van der Waals surface area contributed by atoms with Gasteiger partial charge in [0.05, 0.1) is 4.92 Å². The van der Waals surface area contributed by atoms with Gasteiger partial charge in [0.15, 0.2) is 0 Å². The first-order chi connectivity index (χ1) is 7.68. The molecule has 0 aliphatic heterocycles. The number of hydrogen-bond acceptors (Lipinski definition) is 3. The summed E-state index contributed by atoms with van der Waals surface area (Å²) < 4.78 is 2.45. The lowest BCUT2D eigenvalue weighted by atomic mass is 10.3. The molecule has 0 saturated carbocycles. The SMILES string of the molecule is O=[N+]([O-])c1ccc(-n2ccccc2=S)cc1. The molecule has 0 fully saturated rings. The molecule has 80 valence electrons. The number of rotatable bonds is 2. The van der Waals surface area contributed by atoms with Crippen LogP contribution in [-0.2, 0) is 0 Å². The van der Waals surface area contributed by atoms with Gasteiger partial charge in [0.25, 0.3) is 5.69 Å². The molecule has 0 saturated heterocycles. The Morgan fingerprint density at radius 1 is 1.12 bits per heavy atom. The highest BCUT2D eigenvalue weighted by Crippen LogP contribution is 2.15. The van der Waals surface area contributed by atoms with E-state index in [1.807, 2.05) is 18.3 Å². The van der Waals surface area contributed by atoms with Gasteiger partial charge in [-0.2, -0.15) is 0 Å². The minimum absolute atomic E-state index is 0.0752. The summed E-state index contributed by atoms with van der Waals surface area (Å²) in [6, 6.07) is 11.8. The highest BCUT2D eigenvalue weighted by Gasteiger charge is 2.04. The monoisotopic (exact) mass is 232 g/mol. The number of hydrogen-bond donors (Lipinski definition) is 0. The fourth-order valence-electron chi connectivity index (χ4n) is 1.38. The Hall–Kier alpha value is -2.01. The van der Waals surface area contributed by atoms with Crippen molar-refractivity contribution in [3.8, 4) is 5.69 Å².